The molecule has 2 rings (SSSR count). The molecule has 0 radical (unpaired) electrons. The van der Waals surface area contributed by atoms with Gasteiger partial charge in [0.2, 0.25) is 0 Å². The smallest absolute Gasteiger partial charge is 0.391 e. The van der Waals surface area contributed by atoms with Crippen molar-refractivity contribution < 1.29 is 18.3 Å². The van der Waals surface area contributed by atoms with Crippen molar-refractivity contribution in [1.82, 2.24) is 15.1 Å². The van der Waals surface area contributed by atoms with Crippen LogP contribution in [-0.4, -0.2) is 33.7 Å². The second kappa shape index (κ2) is 6.58. The predicted molar refractivity (Wildman–Crippen MR) is 68.0 cm³/mol. The van der Waals surface area contributed by atoms with Crippen LogP contribution in [0.25, 0.3) is 0 Å². The minimum absolute atomic E-state index is 0.0183. The SMILES string of the molecule is OCCn1cc(CNC2CCCC(C(F)(F)F)C2)cn1. The molecule has 20 heavy (non-hydrogen) atoms. The summed E-state index contributed by atoms with van der Waals surface area (Å²) in [6, 6.07) is -0.0865. The van der Waals surface area contributed by atoms with Crippen LogP contribution >= 0.6 is 0 Å². The van der Waals surface area contributed by atoms with Crippen LogP contribution in [0.1, 0.15) is 31.2 Å². The van der Waals surface area contributed by atoms with Gasteiger partial charge in [-0.15, -0.1) is 0 Å². The highest BCUT2D eigenvalue weighted by atomic mass is 19.4. The molecule has 7 heteroatoms. The highest BCUT2D eigenvalue weighted by Gasteiger charge is 2.41. The molecule has 4 nitrogen and oxygen atoms in total. The zero-order valence-corrected chi connectivity index (χ0v) is 11.2. The van der Waals surface area contributed by atoms with E-state index in [0.29, 0.717) is 19.5 Å². The lowest BCUT2D eigenvalue weighted by Gasteiger charge is -2.31. The lowest BCUT2D eigenvalue weighted by molar-refractivity contribution is -0.183. The van der Waals surface area contributed by atoms with E-state index < -0.39 is 12.1 Å². The van der Waals surface area contributed by atoms with E-state index in [1.54, 1.807) is 17.1 Å². The molecule has 114 valence electrons. The molecule has 1 heterocycles. The Morgan fingerprint density at radius 3 is 2.90 bits per heavy atom. The molecule has 0 aromatic carbocycles. The van der Waals surface area contributed by atoms with Crippen molar-refractivity contribution in [1.29, 1.82) is 0 Å². The third kappa shape index (κ3) is 4.21. The van der Waals surface area contributed by atoms with Crippen molar-refractivity contribution in [2.45, 2.75) is 51.0 Å². The van der Waals surface area contributed by atoms with Gasteiger partial charge >= 0.3 is 6.18 Å². The highest BCUT2D eigenvalue weighted by Crippen LogP contribution is 2.37. The molecule has 2 unspecified atom stereocenters. The Morgan fingerprint density at radius 2 is 2.20 bits per heavy atom. The van der Waals surface area contributed by atoms with Crippen LogP contribution in [0.2, 0.25) is 0 Å². The number of alkyl halides is 3. The molecule has 1 aliphatic rings. The summed E-state index contributed by atoms with van der Waals surface area (Å²) >= 11 is 0. The van der Waals surface area contributed by atoms with Crippen molar-refractivity contribution in [3.8, 4) is 0 Å². The summed E-state index contributed by atoms with van der Waals surface area (Å²) in [4.78, 5) is 0. The van der Waals surface area contributed by atoms with Crippen LogP contribution in [0, 0.1) is 5.92 Å². The lowest BCUT2D eigenvalue weighted by atomic mass is 9.85. The van der Waals surface area contributed by atoms with Gasteiger partial charge in [0.15, 0.2) is 0 Å². The summed E-state index contributed by atoms with van der Waals surface area (Å²) in [5, 5.41) is 16.0. The average Bonchev–Trinajstić information content (AvgIpc) is 2.84. The fraction of sp³-hybridized carbons (Fsp3) is 0.769. The van der Waals surface area contributed by atoms with Gasteiger partial charge < -0.3 is 10.4 Å². The maximum absolute atomic E-state index is 12.7. The van der Waals surface area contributed by atoms with E-state index in [1.165, 1.54) is 0 Å². The van der Waals surface area contributed by atoms with E-state index in [0.717, 1.165) is 12.0 Å². The minimum atomic E-state index is -4.08. The molecule has 2 N–H and O–H groups in total. The number of aromatic nitrogens is 2. The predicted octanol–water partition coefficient (Wildman–Crippen LogP) is 2.09. The first-order valence-electron chi connectivity index (χ1n) is 6.91. The molecule has 1 aromatic rings. The highest BCUT2D eigenvalue weighted by molar-refractivity contribution is 5.03. The van der Waals surface area contributed by atoms with E-state index in [4.69, 9.17) is 5.11 Å². The number of halogens is 3. The number of hydrogen-bond acceptors (Lipinski definition) is 3. The maximum Gasteiger partial charge on any atom is 0.391 e. The summed E-state index contributed by atoms with van der Waals surface area (Å²) in [6.07, 6.45) is 1.21. The lowest BCUT2D eigenvalue weighted by Crippen LogP contribution is -2.38. The molecule has 2 atom stereocenters. The Kier molecular flexibility index (Phi) is 5.04. The van der Waals surface area contributed by atoms with Crippen molar-refractivity contribution in [2.75, 3.05) is 6.61 Å². The monoisotopic (exact) mass is 291 g/mol. The van der Waals surface area contributed by atoms with Crippen LogP contribution in [0.5, 0.6) is 0 Å². The molecule has 0 amide bonds. The van der Waals surface area contributed by atoms with E-state index in [9.17, 15) is 13.2 Å². The van der Waals surface area contributed by atoms with Gasteiger partial charge in [0.05, 0.1) is 25.3 Å². The van der Waals surface area contributed by atoms with Crippen molar-refractivity contribution in [2.24, 2.45) is 5.92 Å². The van der Waals surface area contributed by atoms with Gasteiger partial charge in [-0.1, -0.05) is 6.42 Å². The van der Waals surface area contributed by atoms with E-state index in [-0.39, 0.29) is 25.5 Å². The van der Waals surface area contributed by atoms with Gasteiger partial charge in [-0.2, -0.15) is 18.3 Å². The minimum Gasteiger partial charge on any atom is -0.394 e. The summed E-state index contributed by atoms with van der Waals surface area (Å²) in [6.45, 7) is 0.963. The number of nitrogens with zero attached hydrogens (tertiary/aromatic N) is 2. The van der Waals surface area contributed by atoms with E-state index in [2.05, 4.69) is 10.4 Å². The van der Waals surface area contributed by atoms with Crippen LogP contribution in [0.4, 0.5) is 13.2 Å². The maximum atomic E-state index is 12.7. The summed E-state index contributed by atoms with van der Waals surface area (Å²) in [7, 11) is 0. The van der Waals surface area contributed by atoms with Gasteiger partial charge in [0.1, 0.15) is 0 Å². The first-order valence-corrected chi connectivity index (χ1v) is 6.91. The number of aliphatic hydroxyl groups is 1. The molecule has 1 aromatic heterocycles. The molecule has 1 saturated carbocycles. The van der Waals surface area contributed by atoms with Gasteiger partial charge in [-0.25, -0.2) is 0 Å². The molecule has 0 saturated heterocycles. The largest absolute Gasteiger partial charge is 0.394 e. The summed E-state index contributed by atoms with van der Waals surface area (Å²) in [5.74, 6) is -1.18. The Labute approximate surface area is 116 Å². The Morgan fingerprint density at radius 1 is 1.40 bits per heavy atom. The number of aliphatic hydroxyl groups excluding tert-OH is 1. The van der Waals surface area contributed by atoms with E-state index in [1.807, 2.05) is 0 Å². The Bertz CT molecular complexity index is 419. The fourth-order valence-electron chi connectivity index (χ4n) is 2.66. The van der Waals surface area contributed by atoms with Crippen molar-refractivity contribution in [3.05, 3.63) is 18.0 Å². The third-order valence-electron chi connectivity index (χ3n) is 3.75. The standard InChI is InChI=1S/C13H20F3N3O/c14-13(15,16)11-2-1-3-12(6-11)17-7-10-8-18-19(9-10)4-5-20/h8-9,11-12,17,20H,1-7H2. The zero-order chi connectivity index (χ0) is 14.6. The van der Waals surface area contributed by atoms with Gasteiger partial charge in [0, 0.05) is 24.3 Å². The topological polar surface area (TPSA) is 50.1 Å². The second-order valence-corrected chi connectivity index (χ2v) is 5.32. The second-order valence-electron chi connectivity index (χ2n) is 5.32. The average molecular weight is 291 g/mol. The van der Waals surface area contributed by atoms with Gasteiger partial charge in [-0.05, 0) is 19.3 Å². The van der Waals surface area contributed by atoms with Crippen LogP contribution in [-0.2, 0) is 13.1 Å². The molecule has 1 fully saturated rings. The molecule has 0 spiro atoms. The number of hydrogen-bond donors (Lipinski definition) is 2. The zero-order valence-electron chi connectivity index (χ0n) is 11.2. The summed E-state index contributed by atoms with van der Waals surface area (Å²) in [5.41, 5.74) is 0.924. The normalized spacial score (nSPS) is 24.0. The van der Waals surface area contributed by atoms with Gasteiger partial charge in [-0.3, -0.25) is 4.68 Å². The fourth-order valence-corrected chi connectivity index (χ4v) is 2.66. The van der Waals surface area contributed by atoms with Crippen molar-refractivity contribution in [3.63, 3.8) is 0 Å². The van der Waals surface area contributed by atoms with Crippen LogP contribution in [0.15, 0.2) is 12.4 Å². The summed E-state index contributed by atoms with van der Waals surface area (Å²) < 4.78 is 39.7. The number of rotatable bonds is 5. The van der Waals surface area contributed by atoms with Crippen molar-refractivity contribution >= 4 is 0 Å². The Hall–Kier alpha value is -1.08. The first-order chi connectivity index (χ1) is 9.49. The van der Waals surface area contributed by atoms with Crippen LogP contribution < -0.4 is 5.32 Å². The molecule has 0 bridgehead atoms. The third-order valence-corrected chi connectivity index (χ3v) is 3.75. The molecule has 1 aliphatic carbocycles. The first kappa shape index (κ1) is 15.3. The number of nitrogens with one attached hydrogen (secondary N) is 1. The van der Waals surface area contributed by atoms with E-state index >= 15 is 0 Å². The molecular weight excluding hydrogens is 271 g/mol. The van der Waals surface area contributed by atoms with Crippen LogP contribution in [0.3, 0.4) is 0 Å². The molecular formula is C13H20F3N3O. The molecule has 0 aliphatic heterocycles. The Balaban J connectivity index is 1.81. The van der Waals surface area contributed by atoms with Gasteiger partial charge in [0.25, 0.3) is 0 Å². The quantitative estimate of drug-likeness (QED) is 0.873.